The van der Waals surface area contributed by atoms with Gasteiger partial charge in [-0.2, -0.15) is 0 Å². The number of benzene rings is 2. The number of aliphatic hydroxyl groups is 2. The molecule has 1 aliphatic carbocycles. The first kappa shape index (κ1) is 23.1. The van der Waals surface area contributed by atoms with Gasteiger partial charge in [0.05, 0.1) is 6.10 Å². The molecule has 168 valence electrons. The number of aliphatic hydroxyl groups excluding tert-OH is 2. The van der Waals surface area contributed by atoms with Crippen molar-refractivity contribution in [1.82, 2.24) is 10.2 Å². The quantitative estimate of drug-likeness (QED) is 0.484. The van der Waals surface area contributed by atoms with Gasteiger partial charge in [0, 0.05) is 33.3 Å². The number of nitrogens with one attached hydrogen (secondary N) is 1. The number of nitrogens with zero attached hydrogens (tertiary/aromatic N) is 1. The molecule has 0 bridgehead atoms. The minimum Gasteiger partial charge on any atom is -0.508 e. The number of ether oxygens (including phenoxy) is 1. The van der Waals surface area contributed by atoms with Gasteiger partial charge < -0.3 is 30.3 Å². The van der Waals surface area contributed by atoms with Crippen LogP contribution in [0.25, 0.3) is 0 Å². The molecule has 7 nitrogen and oxygen atoms in total. The van der Waals surface area contributed by atoms with E-state index in [0.29, 0.717) is 29.8 Å². The molecule has 0 saturated heterocycles. The van der Waals surface area contributed by atoms with Gasteiger partial charge in [0.15, 0.2) is 6.61 Å². The Morgan fingerprint density at radius 2 is 2.03 bits per heavy atom. The van der Waals surface area contributed by atoms with Crippen molar-refractivity contribution >= 4 is 5.91 Å². The number of likely N-dealkylation sites (N-methyl/N-ethyl adjacent to an activating group) is 1. The summed E-state index contributed by atoms with van der Waals surface area (Å²) in [6, 6.07) is 11.2. The monoisotopic (exact) mass is 428 g/mol. The largest absolute Gasteiger partial charge is 0.508 e. The number of aryl methyl sites for hydroxylation is 1. The van der Waals surface area contributed by atoms with E-state index >= 15 is 0 Å². The number of hydrogen-bond donors (Lipinski definition) is 4. The van der Waals surface area contributed by atoms with Crippen LogP contribution in [0, 0.1) is 0 Å². The van der Waals surface area contributed by atoms with Gasteiger partial charge in [0.25, 0.3) is 5.91 Å². The first-order chi connectivity index (χ1) is 14.9. The summed E-state index contributed by atoms with van der Waals surface area (Å²) >= 11 is 0. The van der Waals surface area contributed by atoms with Crippen molar-refractivity contribution in [2.45, 2.75) is 37.8 Å². The van der Waals surface area contributed by atoms with Crippen LogP contribution in [-0.4, -0.2) is 66.0 Å². The van der Waals surface area contributed by atoms with Crippen molar-refractivity contribution in [2.75, 3.05) is 33.9 Å². The van der Waals surface area contributed by atoms with Crippen LogP contribution in [0.4, 0.5) is 0 Å². The molecule has 1 unspecified atom stereocenters. The van der Waals surface area contributed by atoms with Crippen LogP contribution < -0.4 is 10.1 Å². The predicted octanol–water partition coefficient (Wildman–Crippen LogP) is 1.57. The molecule has 4 N–H and O–H groups in total. The van der Waals surface area contributed by atoms with Crippen molar-refractivity contribution in [3.05, 3.63) is 58.7 Å². The fourth-order valence-corrected chi connectivity index (χ4v) is 3.80. The lowest BCUT2D eigenvalue weighted by atomic mass is 9.88. The third-order valence-corrected chi connectivity index (χ3v) is 5.74. The number of phenolic OH excluding ortho intramolecular Hbond substituents is 1. The van der Waals surface area contributed by atoms with Crippen molar-refractivity contribution < 1.29 is 24.9 Å². The van der Waals surface area contributed by atoms with E-state index in [2.05, 4.69) is 11.4 Å². The Labute approximate surface area is 183 Å². The van der Waals surface area contributed by atoms with E-state index in [1.165, 1.54) is 16.0 Å². The Morgan fingerprint density at radius 1 is 1.23 bits per heavy atom. The lowest BCUT2D eigenvalue weighted by Gasteiger charge is -2.27. The van der Waals surface area contributed by atoms with E-state index in [1.54, 1.807) is 32.3 Å². The zero-order valence-electron chi connectivity index (χ0n) is 18.2. The smallest absolute Gasteiger partial charge is 0.259 e. The standard InChI is InChI=1S/C24H32N2O5/c1-26(2)24(30)15-31-21-7-4-16-3-6-20(12-19(16)13-21)25-14-23(29)17-5-8-22(28)18(11-17)9-10-27/h4-5,7-8,11,13,20,23,25,27-29H,3,6,9-10,12,14-15H2,1-2H3/t20-,23?/m0/s1. The van der Waals surface area contributed by atoms with Crippen LogP contribution in [0.5, 0.6) is 11.5 Å². The molecule has 1 amide bonds. The SMILES string of the molecule is CN(C)C(=O)COc1ccc2c(c1)C[C@@H](NCC(O)c1ccc(O)c(CCO)c1)CC2. The van der Waals surface area contributed by atoms with E-state index in [1.807, 2.05) is 12.1 Å². The molecule has 2 atom stereocenters. The van der Waals surface area contributed by atoms with Crippen LogP contribution in [0.3, 0.4) is 0 Å². The average molecular weight is 429 g/mol. The average Bonchev–Trinajstić information content (AvgIpc) is 2.76. The van der Waals surface area contributed by atoms with Crippen molar-refractivity contribution in [3.8, 4) is 11.5 Å². The van der Waals surface area contributed by atoms with Gasteiger partial charge in [0.2, 0.25) is 0 Å². The van der Waals surface area contributed by atoms with Gasteiger partial charge >= 0.3 is 0 Å². The van der Waals surface area contributed by atoms with Crippen LogP contribution in [0.15, 0.2) is 36.4 Å². The number of aromatic hydroxyl groups is 1. The molecular weight excluding hydrogens is 396 g/mol. The molecule has 2 aromatic carbocycles. The minimum absolute atomic E-state index is 0.0184. The number of carbonyl (C=O) groups is 1. The molecule has 0 saturated carbocycles. The molecule has 1 aliphatic rings. The second-order valence-corrected chi connectivity index (χ2v) is 8.23. The normalized spacial score (nSPS) is 16.5. The highest BCUT2D eigenvalue weighted by Gasteiger charge is 2.20. The van der Waals surface area contributed by atoms with Crippen LogP contribution in [0.2, 0.25) is 0 Å². The molecule has 0 heterocycles. The number of rotatable bonds is 9. The summed E-state index contributed by atoms with van der Waals surface area (Å²) in [6.07, 6.45) is 2.39. The first-order valence-electron chi connectivity index (χ1n) is 10.7. The maximum absolute atomic E-state index is 11.7. The van der Waals surface area contributed by atoms with Gasteiger partial charge in [0.1, 0.15) is 11.5 Å². The topological polar surface area (TPSA) is 102 Å². The molecule has 0 aromatic heterocycles. The summed E-state index contributed by atoms with van der Waals surface area (Å²) in [7, 11) is 3.41. The van der Waals surface area contributed by atoms with Gasteiger partial charge in [-0.05, 0) is 72.2 Å². The van der Waals surface area contributed by atoms with Gasteiger partial charge in [-0.25, -0.2) is 0 Å². The van der Waals surface area contributed by atoms with Crippen molar-refractivity contribution in [3.63, 3.8) is 0 Å². The number of fused-ring (bicyclic) bond motifs is 1. The highest BCUT2D eigenvalue weighted by molar-refractivity contribution is 5.77. The third kappa shape index (κ3) is 6.19. The second-order valence-electron chi connectivity index (χ2n) is 8.23. The molecule has 0 aliphatic heterocycles. The van der Waals surface area contributed by atoms with Gasteiger partial charge in [-0.15, -0.1) is 0 Å². The lowest BCUT2D eigenvalue weighted by molar-refractivity contribution is -0.130. The van der Waals surface area contributed by atoms with E-state index < -0.39 is 6.10 Å². The molecular formula is C24H32N2O5. The van der Waals surface area contributed by atoms with Crippen molar-refractivity contribution in [1.29, 1.82) is 0 Å². The van der Waals surface area contributed by atoms with Crippen LogP contribution >= 0.6 is 0 Å². The summed E-state index contributed by atoms with van der Waals surface area (Å²) in [4.78, 5) is 13.2. The van der Waals surface area contributed by atoms with E-state index in [4.69, 9.17) is 9.84 Å². The maximum Gasteiger partial charge on any atom is 0.259 e. The summed E-state index contributed by atoms with van der Waals surface area (Å²) in [6.45, 7) is 0.364. The maximum atomic E-state index is 11.7. The molecule has 0 radical (unpaired) electrons. The first-order valence-corrected chi connectivity index (χ1v) is 10.7. The molecule has 2 aromatic rings. The predicted molar refractivity (Wildman–Crippen MR) is 118 cm³/mol. The number of phenols is 1. The van der Waals surface area contributed by atoms with Gasteiger partial charge in [-0.1, -0.05) is 12.1 Å². The Bertz CT molecular complexity index is 900. The third-order valence-electron chi connectivity index (χ3n) is 5.74. The summed E-state index contributed by atoms with van der Waals surface area (Å²) in [5.74, 6) is 0.741. The summed E-state index contributed by atoms with van der Waals surface area (Å²) < 4.78 is 5.64. The lowest BCUT2D eigenvalue weighted by Crippen LogP contribution is -2.37. The number of amides is 1. The summed E-state index contributed by atoms with van der Waals surface area (Å²) in [5.41, 5.74) is 3.83. The Morgan fingerprint density at radius 3 is 2.77 bits per heavy atom. The summed E-state index contributed by atoms with van der Waals surface area (Å²) in [5, 5.41) is 33.0. The molecule has 7 heteroatoms. The minimum atomic E-state index is -0.703. The number of hydrogen-bond acceptors (Lipinski definition) is 6. The molecule has 0 fully saturated rings. The van der Waals surface area contributed by atoms with Crippen LogP contribution in [0.1, 0.15) is 34.8 Å². The van der Waals surface area contributed by atoms with E-state index in [0.717, 1.165) is 19.3 Å². The van der Waals surface area contributed by atoms with Crippen LogP contribution in [-0.2, 0) is 24.1 Å². The Kier molecular flexibility index (Phi) is 7.90. The highest BCUT2D eigenvalue weighted by atomic mass is 16.5. The highest BCUT2D eigenvalue weighted by Crippen LogP contribution is 2.27. The molecule has 31 heavy (non-hydrogen) atoms. The Hall–Kier alpha value is -2.61. The number of carbonyl (C=O) groups excluding carboxylic acids is 1. The van der Waals surface area contributed by atoms with Gasteiger partial charge in [-0.3, -0.25) is 4.79 Å². The fraction of sp³-hybridized carbons (Fsp3) is 0.458. The Balaban J connectivity index is 1.56. The molecule has 3 rings (SSSR count). The van der Waals surface area contributed by atoms with E-state index in [-0.39, 0.29) is 30.9 Å². The van der Waals surface area contributed by atoms with Crippen molar-refractivity contribution in [2.24, 2.45) is 0 Å². The zero-order valence-corrected chi connectivity index (χ0v) is 18.2. The molecule has 0 spiro atoms. The second kappa shape index (κ2) is 10.6. The fourth-order valence-electron chi connectivity index (χ4n) is 3.80. The zero-order chi connectivity index (χ0) is 22.4. The van der Waals surface area contributed by atoms with E-state index in [9.17, 15) is 15.0 Å².